The van der Waals surface area contributed by atoms with Crippen LogP contribution in [0.5, 0.6) is 0 Å². The number of aromatic nitrogens is 1. The Morgan fingerprint density at radius 2 is 1.95 bits per heavy atom. The minimum absolute atomic E-state index is 0.729. The first-order chi connectivity index (χ1) is 10.7. The maximum atomic E-state index is 11.6. The van der Waals surface area contributed by atoms with Crippen LogP contribution in [0.3, 0.4) is 0 Å². The number of hydrogen-bond donors (Lipinski definition) is 1. The van der Waals surface area contributed by atoms with Crippen molar-refractivity contribution in [2.75, 3.05) is 0 Å². The number of aldehydes is 1. The number of allylic oxidation sites excluding steroid dienone is 1. The van der Waals surface area contributed by atoms with Gasteiger partial charge in [0.05, 0.1) is 0 Å². The van der Waals surface area contributed by atoms with E-state index in [0.29, 0.717) is 0 Å². The third kappa shape index (κ3) is 1.77. The molecule has 0 fully saturated rings. The number of carbonyl (C=O) groups excluding carboxylic acids is 1. The molecule has 2 heteroatoms. The predicted octanol–water partition coefficient (Wildman–Crippen LogP) is 4.34. The summed E-state index contributed by atoms with van der Waals surface area (Å²) in [6, 6.07) is 12.7. The van der Waals surface area contributed by atoms with Crippen LogP contribution in [0.4, 0.5) is 0 Å². The Morgan fingerprint density at radius 1 is 1.09 bits per heavy atom. The minimum atomic E-state index is 0.729. The number of H-pyrrole nitrogens is 1. The van der Waals surface area contributed by atoms with Crippen LogP contribution in [0, 0.1) is 13.8 Å². The molecule has 0 unspecified atom stereocenters. The van der Waals surface area contributed by atoms with Gasteiger partial charge in [0.2, 0.25) is 0 Å². The van der Waals surface area contributed by atoms with Crippen molar-refractivity contribution in [1.82, 2.24) is 4.98 Å². The smallest absolute Gasteiger partial charge is 0.147 e. The van der Waals surface area contributed by atoms with Crippen molar-refractivity contribution in [1.29, 1.82) is 0 Å². The average molecular weight is 287 g/mol. The lowest BCUT2D eigenvalue weighted by atomic mass is 9.94. The normalized spacial score (nSPS) is 13.7. The van der Waals surface area contributed by atoms with E-state index in [-0.39, 0.29) is 0 Å². The molecule has 0 atom stereocenters. The minimum Gasteiger partial charge on any atom is -0.361 e. The SMILES string of the molecule is Cc1ccc2c(c1)C(c1c[nH]c3cccc(C)c13)=C(C=O)C2. The van der Waals surface area contributed by atoms with Gasteiger partial charge in [-0.05, 0) is 42.2 Å². The molecule has 1 aromatic heterocycles. The Hall–Kier alpha value is -2.61. The molecule has 0 radical (unpaired) electrons. The fourth-order valence-electron chi connectivity index (χ4n) is 3.53. The summed E-state index contributed by atoms with van der Waals surface area (Å²) < 4.78 is 0. The van der Waals surface area contributed by atoms with Crippen molar-refractivity contribution in [2.24, 2.45) is 0 Å². The molecular weight excluding hydrogens is 270 g/mol. The fourth-order valence-corrected chi connectivity index (χ4v) is 3.53. The number of fused-ring (bicyclic) bond motifs is 2. The molecule has 1 N–H and O–H groups in total. The molecule has 0 bridgehead atoms. The number of rotatable bonds is 2. The lowest BCUT2D eigenvalue weighted by molar-refractivity contribution is -0.104. The van der Waals surface area contributed by atoms with E-state index in [1.807, 2.05) is 6.20 Å². The molecule has 0 saturated carbocycles. The van der Waals surface area contributed by atoms with E-state index in [9.17, 15) is 4.79 Å². The molecule has 1 aliphatic carbocycles. The highest BCUT2D eigenvalue weighted by molar-refractivity contribution is 6.06. The standard InChI is InChI=1S/C20H17NO/c1-12-6-7-14-9-15(11-22)20(16(14)8-12)17-10-21-18-5-3-4-13(2)19(17)18/h3-8,10-11,21H,9H2,1-2H3. The zero-order valence-electron chi connectivity index (χ0n) is 12.7. The second-order valence-corrected chi connectivity index (χ2v) is 6.06. The molecule has 108 valence electrons. The van der Waals surface area contributed by atoms with Crippen LogP contribution in [0.15, 0.2) is 48.2 Å². The van der Waals surface area contributed by atoms with Crippen LogP contribution >= 0.6 is 0 Å². The molecule has 0 saturated heterocycles. The van der Waals surface area contributed by atoms with Crippen LogP contribution in [0.1, 0.15) is 27.8 Å². The molecule has 2 nitrogen and oxygen atoms in total. The predicted molar refractivity (Wildman–Crippen MR) is 90.0 cm³/mol. The van der Waals surface area contributed by atoms with Crippen molar-refractivity contribution in [3.8, 4) is 0 Å². The Kier molecular flexibility index (Phi) is 2.80. The van der Waals surface area contributed by atoms with Gasteiger partial charge in [-0.1, -0.05) is 35.9 Å². The molecule has 4 rings (SSSR count). The van der Waals surface area contributed by atoms with Crippen molar-refractivity contribution in [3.63, 3.8) is 0 Å². The highest BCUT2D eigenvalue weighted by atomic mass is 16.1. The van der Waals surface area contributed by atoms with Crippen molar-refractivity contribution in [2.45, 2.75) is 20.3 Å². The molecule has 0 spiro atoms. The van der Waals surface area contributed by atoms with Gasteiger partial charge in [-0.15, -0.1) is 0 Å². The van der Waals surface area contributed by atoms with Crippen LogP contribution < -0.4 is 0 Å². The summed E-state index contributed by atoms with van der Waals surface area (Å²) in [5.74, 6) is 0. The zero-order chi connectivity index (χ0) is 15.3. The van der Waals surface area contributed by atoms with Gasteiger partial charge < -0.3 is 4.98 Å². The van der Waals surface area contributed by atoms with Crippen LogP contribution in [-0.4, -0.2) is 11.3 Å². The van der Waals surface area contributed by atoms with Gasteiger partial charge in [0.25, 0.3) is 0 Å². The number of aromatic amines is 1. The monoisotopic (exact) mass is 287 g/mol. The molecule has 22 heavy (non-hydrogen) atoms. The van der Waals surface area contributed by atoms with Crippen molar-refractivity contribution in [3.05, 3.63) is 76.0 Å². The third-order valence-electron chi connectivity index (χ3n) is 4.56. The number of benzene rings is 2. The molecular formula is C20H17NO. The topological polar surface area (TPSA) is 32.9 Å². The van der Waals surface area contributed by atoms with Crippen molar-refractivity contribution >= 4 is 22.8 Å². The van der Waals surface area contributed by atoms with Crippen LogP contribution in [-0.2, 0) is 11.2 Å². The van der Waals surface area contributed by atoms with Gasteiger partial charge in [0, 0.05) is 34.7 Å². The summed E-state index contributed by atoms with van der Waals surface area (Å²) in [6.07, 6.45) is 3.78. The molecule has 0 aliphatic heterocycles. The van der Waals surface area contributed by atoms with E-state index >= 15 is 0 Å². The second kappa shape index (κ2) is 4.70. The summed E-state index contributed by atoms with van der Waals surface area (Å²) >= 11 is 0. The molecule has 2 aromatic carbocycles. The highest BCUT2D eigenvalue weighted by Gasteiger charge is 2.24. The maximum absolute atomic E-state index is 11.6. The highest BCUT2D eigenvalue weighted by Crippen LogP contribution is 2.40. The number of nitrogens with one attached hydrogen (secondary N) is 1. The van der Waals surface area contributed by atoms with Crippen LogP contribution in [0.25, 0.3) is 16.5 Å². The number of aryl methyl sites for hydroxylation is 2. The second-order valence-electron chi connectivity index (χ2n) is 6.06. The summed E-state index contributed by atoms with van der Waals surface area (Å²) in [4.78, 5) is 15.0. The largest absolute Gasteiger partial charge is 0.361 e. The Balaban J connectivity index is 2.05. The Labute approximate surface area is 129 Å². The Morgan fingerprint density at radius 3 is 2.77 bits per heavy atom. The van der Waals surface area contributed by atoms with E-state index in [1.165, 1.54) is 27.6 Å². The van der Waals surface area contributed by atoms with Gasteiger partial charge in [-0.2, -0.15) is 0 Å². The van der Waals surface area contributed by atoms with E-state index in [0.717, 1.165) is 34.9 Å². The van der Waals surface area contributed by atoms with Gasteiger partial charge >= 0.3 is 0 Å². The van der Waals surface area contributed by atoms with Gasteiger partial charge in [-0.25, -0.2) is 0 Å². The first-order valence-electron chi connectivity index (χ1n) is 7.54. The third-order valence-corrected chi connectivity index (χ3v) is 4.56. The van der Waals surface area contributed by atoms with E-state index in [2.05, 4.69) is 55.2 Å². The summed E-state index contributed by atoms with van der Waals surface area (Å²) in [6.45, 7) is 4.21. The lowest BCUT2D eigenvalue weighted by Gasteiger charge is -2.08. The van der Waals surface area contributed by atoms with Crippen LogP contribution in [0.2, 0.25) is 0 Å². The number of carbonyl (C=O) groups is 1. The lowest BCUT2D eigenvalue weighted by Crippen LogP contribution is -1.90. The molecule has 1 aliphatic rings. The van der Waals surface area contributed by atoms with E-state index < -0.39 is 0 Å². The fraction of sp³-hybridized carbons (Fsp3) is 0.150. The summed E-state index contributed by atoms with van der Waals surface area (Å²) in [7, 11) is 0. The van der Waals surface area contributed by atoms with E-state index in [4.69, 9.17) is 0 Å². The quantitative estimate of drug-likeness (QED) is 0.699. The van der Waals surface area contributed by atoms with Gasteiger partial charge in [-0.3, -0.25) is 4.79 Å². The Bertz CT molecular complexity index is 943. The summed E-state index contributed by atoms with van der Waals surface area (Å²) in [5.41, 5.74) is 9.12. The van der Waals surface area contributed by atoms with Gasteiger partial charge in [0.1, 0.15) is 6.29 Å². The van der Waals surface area contributed by atoms with Crippen molar-refractivity contribution < 1.29 is 4.79 Å². The summed E-state index contributed by atoms with van der Waals surface area (Å²) in [5, 5.41) is 1.21. The average Bonchev–Trinajstić information content (AvgIpc) is 3.08. The zero-order valence-corrected chi connectivity index (χ0v) is 12.7. The maximum Gasteiger partial charge on any atom is 0.147 e. The van der Waals surface area contributed by atoms with E-state index in [1.54, 1.807) is 0 Å². The first-order valence-corrected chi connectivity index (χ1v) is 7.54. The molecule has 1 heterocycles. The molecule has 3 aromatic rings. The van der Waals surface area contributed by atoms with Gasteiger partial charge in [0.15, 0.2) is 0 Å². The number of hydrogen-bond acceptors (Lipinski definition) is 1. The molecule has 0 amide bonds. The first kappa shape index (κ1) is 13.1.